The van der Waals surface area contributed by atoms with Crippen LogP contribution in [0.2, 0.25) is 0 Å². The summed E-state index contributed by atoms with van der Waals surface area (Å²) in [5.74, 6) is 0.111. The Bertz CT molecular complexity index is 1180. The molecule has 1 N–H and O–H groups in total. The van der Waals surface area contributed by atoms with Crippen LogP contribution in [0.4, 0.5) is 10.1 Å². The molecule has 29 heavy (non-hydrogen) atoms. The monoisotopic (exact) mass is 397 g/mol. The van der Waals surface area contributed by atoms with E-state index >= 15 is 0 Å². The fourth-order valence-electron chi connectivity index (χ4n) is 2.91. The first kappa shape index (κ1) is 18.5. The number of rotatable bonds is 4. The van der Waals surface area contributed by atoms with Crippen molar-refractivity contribution in [1.82, 2.24) is 9.13 Å². The van der Waals surface area contributed by atoms with Gasteiger partial charge in [-0.15, -0.1) is 0 Å². The quantitative estimate of drug-likeness (QED) is 0.675. The van der Waals surface area contributed by atoms with E-state index in [2.05, 4.69) is 5.32 Å². The zero-order chi connectivity index (χ0) is 20.4. The van der Waals surface area contributed by atoms with Gasteiger partial charge in [0.2, 0.25) is 5.91 Å². The summed E-state index contributed by atoms with van der Waals surface area (Å²) in [6.45, 7) is 0.492. The third kappa shape index (κ3) is 3.88. The molecule has 0 unspecified atom stereocenters. The molecular weight excluding hydrogens is 381 g/mol. The van der Waals surface area contributed by atoms with Gasteiger partial charge in [-0.2, -0.15) is 0 Å². The third-order valence-electron chi connectivity index (χ3n) is 4.30. The minimum atomic E-state index is -0.850. The molecule has 8 nitrogen and oxygen atoms in total. The summed E-state index contributed by atoms with van der Waals surface area (Å²) in [4.78, 5) is 37.1. The standard InChI is InChI=1S/C20H16FN3O5/c21-13-1-3-14(4-2-13)22-18(25)12-23-7-8-24(20(27)19(23)26)15-5-6-16-17(11-15)29-10-9-28-16/h1-8,11H,9-10,12H2,(H,22,25). The number of hydrogen-bond acceptors (Lipinski definition) is 5. The molecule has 0 aliphatic carbocycles. The highest BCUT2D eigenvalue weighted by molar-refractivity contribution is 5.90. The van der Waals surface area contributed by atoms with Crippen LogP contribution < -0.4 is 25.9 Å². The smallest absolute Gasteiger partial charge is 0.320 e. The summed E-state index contributed by atoms with van der Waals surface area (Å²) in [6, 6.07) is 10.1. The van der Waals surface area contributed by atoms with E-state index in [1.807, 2.05) is 0 Å². The topological polar surface area (TPSA) is 91.6 Å². The molecule has 2 aromatic carbocycles. The molecule has 0 saturated carbocycles. The van der Waals surface area contributed by atoms with Crippen LogP contribution in [0.15, 0.2) is 64.4 Å². The molecule has 9 heteroatoms. The predicted molar refractivity (Wildman–Crippen MR) is 102 cm³/mol. The zero-order valence-corrected chi connectivity index (χ0v) is 15.1. The molecule has 0 fully saturated rings. The van der Waals surface area contributed by atoms with Crippen molar-refractivity contribution in [2.75, 3.05) is 18.5 Å². The van der Waals surface area contributed by atoms with Gasteiger partial charge in [0.25, 0.3) is 0 Å². The summed E-state index contributed by atoms with van der Waals surface area (Å²) in [5, 5.41) is 2.54. The van der Waals surface area contributed by atoms with E-state index in [4.69, 9.17) is 9.47 Å². The van der Waals surface area contributed by atoms with Gasteiger partial charge in [0, 0.05) is 24.1 Å². The number of carbonyl (C=O) groups excluding carboxylic acids is 1. The minimum absolute atomic E-state index is 0.354. The van der Waals surface area contributed by atoms with E-state index in [0.29, 0.717) is 36.1 Å². The average Bonchev–Trinajstić information content (AvgIpc) is 2.73. The van der Waals surface area contributed by atoms with Crippen molar-refractivity contribution in [3.63, 3.8) is 0 Å². The van der Waals surface area contributed by atoms with E-state index in [-0.39, 0.29) is 6.54 Å². The molecular formula is C20H16FN3O5. The Labute approximate surface area is 163 Å². The van der Waals surface area contributed by atoms with Gasteiger partial charge >= 0.3 is 11.1 Å². The van der Waals surface area contributed by atoms with Crippen molar-refractivity contribution in [1.29, 1.82) is 0 Å². The molecule has 0 saturated heterocycles. The van der Waals surface area contributed by atoms with Crippen LogP contribution in [0, 0.1) is 5.82 Å². The number of nitrogens with zero attached hydrogens (tertiary/aromatic N) is 2. The lowest BCUT2D eigenvalue weighted by atomic mass is 10.2. The Hall–Kier alpha value is -3.88. The molecule has 148 valence electrons. The van der Waals surface area contributed by atoms with Gasteiger partial charge in [0.1, 0.15) is 25.6 Å². The van der Waals surface area contributed by atoms with Crippen molar-refractivity contribution < 1.29 is 18.7 Å². The first-order valence-electron chi connectivity index (χ1n) is 8.79. The van der Waals surface area contributed by atoms with Crippen LogP contribution >= 0.6 is 0 Å². The largest absolute Gasteiger partial charge is 0.486 e. The summed E-state index contributed by atoms with van der Waals surface area (Å²) in [5.41, 5.74) is -0.830. The van der Waals surface area contributed by atoms with Crippen LogP contribution in [0.25, 0.3) is 5.69 Å². The number of ether oxygens (including phenoxy) is 2. The molecule has 0 spiro atoms. The number of halogens is 1. The van der Waals surface area contributed by atoms with Crippen molar-refractivity contribution in [2.45, 2.75) is 6.54 Å². The van der Waals surface area contributed by atoms with Gasteiger partial charge < -0.3 is 14.8 Å². The molecule has 1 aliphatic rings. The number of hydrogen-bond donors (Lipinski definition) is 1. The van der Waals surface area contributed by atoms with Crippen LogP contribution in [0.3, 0.4) is 0 Å². The highest BCUT2D eigenvalue weighted by Crippen LogP contribution is 2.31. The highest BCUT2D eigenvalue weighted by atomic mass is 19.1. The lowest BCUT2D eigenvalue weighted by molar-refractivity contribution is -0.116. The van der Waals surface area contributed by atoms with E-state index < -0.39 is 22.8 Å². The van der Waals surface area contributed by atoms with E-state index in [1.54, 1.807) is 18.2 Å². The van der Waals surface area contributed by atoms with Crippen LogP contribution in [-0.2, 0) is 11.3 Å². The molecule has 0 atom stereocenters. The molecule has 1 aliphatic heterocycles. The van der Waals surface area contributed by atoms with Gasteiger partial charge in [-0.3, -0.25) is 23.5 Å². The maximum absolute atomic E-state index is 12.9. The van der Waals surface area contributed by atoms with Gasteiger partial charge in [-0.25, -0.2) is 4.39 Å². The second kappa shape index (κ2) is 7.63. The maximum Gasteiger partial charge on any atom is 0.320 e. The highest BCUT2D eigenvalue weighted by Gasteiger charge is 2.15. The number of aromatic nitrogens is 2. The van der Waals surface area contributed by atoms with Gasteiger partial charge in [0.15, 0.2) is 11.5 Å². The number of amides is 1. The number of anilines is 1. The maximum atomic E-state index is 12.9. The Morgan fingerprint density at radius 3 is 2.45 bits per heavy atom. The molecule has 1 amide bonds. The Balaban J connectivity index is 1.56. The van der Waals surface area contributed by atoms with Crippen LogP contribution in [0.1, 0.15) is 0 Å². The number of carbonyl (C=O) groups is 1. The van der Waals surface area contributed by atoms with E-state index in [9.17, 15) is 18.8 Å². The second-order valence-corrected chi connectivity index (χ2v) is 6.29. The van der Waals surface area contributed by atoms with Crippen molar-refractivity contribution in [2.24, 2.45) is 0 Å². The van der Waals surface area contributed by atoms with Crippen molar-refractivity contribution >= 4 is 11.6 Å². The minimum Gasteiger partial charge on any atom is -0.486 e. The fraction of sp³-hybridized carbons (Fsp3) is 0.150. The van der Waals surface area contributed by atoms with Gasteiger partial charge in [0.05, 0.1) is 5.69 Å². The van der Waals surface area contributed by atoms with Gasteiger partial charge in [-0.05, 0) is 36.4 Å². The van der Waals surface area contributed by atoms with Crippen molar-refractivity contribution in [3.8, 4) is 17.2 Å². The predicted octanol–water partition coefficient (Wildman–Crippen LogP) is 1.55. The zero-order valence-electron chi connectivity index (χ0n) is 15.1. The molecule has 2 heterocycles. The van der Waals surface area contributed by atoms with Gasteiger partial charge in [-0.1, -0.05) is 0 Å². The molecule has 4 rings (SSSR count). The Kier molecular flexibility index (Phi) is 4.86. The molecule has 1 aromatic heterocycles. The number of nitrogens with one attached hydrogen (secondary N) is 1. The van der Waals surface area contributed by atoms with E-state index in [1.165, 1.54) is 41.2 Å². The summed E-state index contributed by atoms with van der Waals surface area (Å²) < 4.78 is 26.1. The number of benzene rings is 2. The summed E-state index contributed by atoms with van der Waals surface area (Å²) in [7, 11) is 0. The SMILES string of the molecule is O=C(Cn1ccn(-c2ccc3c(c2)OCCO3)c(=O)c1=O)Nc1ccc(F)cc1. The Morgan fingerprint density at radius 2 is 1.69 bits per heavy atom. The van der Waals surface area contributed by atoms with E-state index in [0.717, 1.165) is 4.57 Å². The summed E-state index contributed by atoms with van der Waals surface area (Å²) >= 11 is 0. The first-order chi connectivity index (χ1) is 14.0. The second-order valence-electron chi connectivity index (χ2n) is 6.29. The molecule has 3 aromatic rings. The lowest BCUT2D eigenvalue weighted by Gasteiger charge is -2.19. The summed E-state index contributed by atoms with van der Waals surface area (Å²) in [6.07, 6.45) is 2.76. The normalized spacial score (nSPS) is 12.4. The Morgan fingerprint density at radius 1 is 0.966 bits per heavy atom. The fourth-order valence-corrected chi connectivity index (χ4v) is 2.91. The van der Waals surface area contributed by atoms with Crippen LogP contribution in [0.5, 0.6) is 11.5 Å². The lowest BCUT2D eigenvalue weighted by Crippen LogP contribution is -2.41. The molecule has 0 radical (unpaired) electrons. The third-order valence-corrected chi connectivity index (χ3v) is 4.30. The number of fused-ring (bicyclic) bond motifs is 1. The van der Waals surface area contributed by atoms with Crippen molar-refractivity contribution in [3.05, 3.63) is 81.4 Å². The average molecular weight is 397 g/mol. The first-order valence-corrected chi connectivity index (χ1v) is 8.79. The molecule has 0 bridgehead atoms. The van der Waals surface area contributed by atoms with Crippen LogP contribution in [-0.4, -0.2) is 28.3 Å².